The van der Waals surface area contributed by atoms with Gasteiger partial charge < -0.3 is 10.0 Å². The van der Waals surface area contributed by atoms with Crippen LogP contribution in [0.25, 0.3) is 0 Å². The zero-order valence-corrected chi connectivity index (χ0v) is 15.5. The molecule has 0 saturated carbocycles. The van der Waals surface area contributed by atoms with Gasteiger partial charge in [0, 0.05) is 19.0 Å². The van der Waals surface area contributed by atoms with Crippen LogP contribution in [0.1, 0.15) is 24.0 Å². The van der Waals surface area contributed by atoms with E-state index in [0.717, 1.165) is 38.0 Å². The SMILES string of the molecule is O=C(O)CN(Cc1ccccc1)C(=O)C1CCN(Cc2ccccc2)CC1. The number of aliphatic carboxylic acids is 1. The number of likely N-dealkylation sites (tertiary alicyclic amines) is 1. The predicted octanol–water partition coefficient (Wildman–Crippen LogP) is 3.01. The molecule has 0 aliphatic carbocycles. The highest BCUT2D eigenvalue weighted by Gasteiger charge is 2.29. The van der Waals surface area contributed by atoms with Crippen molar-refractivity contribution in [1.29, 1.82) is 0 Å². The largest absolute Gasteiger partial charge is 0.480 e. The lowest BCUT2D eigenvalue weighted by atomic mass is 9.94. The molecule has 0 atom stereocenters. The monoisotopic (exact) mass is 366 g/mol. The smallest absolute Gasteiger partial charge is 0.323 e. The number of carbonyl (C=O) groups is 2. The number of piperidine rings is 1. The topological polar surface area (TPSA) is 60.9 Å². The van der Waals surface area contributed by atoms with Crippen molar-refractivity contribution in [1.82, 2.24) is 9.80 Å². The number of nitrogens with zero attached hydrogens (tertiary/aromatic N) is 2. The first kappa shape index (κ1) is 19.1. The minimum absolute atomic E-state index is 0.0411. The fourth-order valence-electron chi connectivity index (χ4n) is 3.62. The van der Waals surface area contributed by atoms with Gasteiger partial charge in [-0.1, -0.05) is 60.7 Å². The average molecular weight is 366 g/mol. The second-order valence-electron chi connectivity index (χ2n) is 7.11. The van der Waals surface area contributed by atoms with Crippen molar-refractivity contribution < 1.29 is 14.7 Å². The Labute approximate surface area is 160 Å². The van der Waals surface area contributed by atoms with Gasteiger partial charge in [-0.15, -0.1) is 0 Å². The molecule has 0 unspecified atom stereocenters. The van der Waals surface area contributed by atoms with Gasteiger partial charge in [-0.05, 0) is 37.1 Å². The zero-order chi connectivity index (χ0) is 19.1. The van der Waals surface area contributed by atoms with Crippen LogP contribution in [-0.4, -0.2) is 46.4 Å². The standard InChI is InChI=1S/C22H26N2O3/c25-21(26)17-24(16-19-9-5-2-6-10-19)22(27)20-11-13-23(14-12-20)15-18-7-3-1-4-8-18/h1-10,20H,11-17H2,(H,25,26). The third-order valence-corrected chi connectivity index (χ3v) is 5.04. The van der Waals surface area contributed by atoms with Crippen molar-refractivity contribution in [3.63, 3.8) is 0 Å². The molecule has 0 radical (unpaired) electrons. The number of carboxylic acid groups (broad SMARTS) is 1. The Morgan fingerprint density at radius 2 is 1.48 bits per heavy atom. The summed E-state index contributed by atoms with van der Waals surface area (Å²) in [6.45, 7) is 2.70. The molecule has 1 aliphatic heterocycles. The maximum atomic E-state index is 12.9. The Morgan fingerprint density at radius 1 is 0.926 bits per heavy atom. The van der Waals surface area contributed by atoms with Crippen molar-refractivity contribution in [2.24, 2.45) is 5.92 Å². The molecule has 1 heterocycles. The third kappa shape index (κ3) is 5.66. The zero-order valence-electron chi connectivity index (χ0n) is 15.5. The molecule has 2 aromatic carbocycles. The lowest BCUT2D eigenvalue weighted by Crippen LogP contribution is -2.43. The minimum Gasteiger partial charge on any atom is -0.480 e. The molecule has 27 heavy (non-hydrogen) atoms. The van der Waals surface area contributed by atoms with E-state index in [4.69, 9.17) is 0 Å². The molecule has 2 aromatic rings. The summed E-state index contributed by atoms with van der Waals surface area (Å²) in [4.78, 5) is 28.0. The van der Waals surface area contributed by atoms with Gasteiger partial charge in [0.25, 0.3) is 0 Å². The Morgan fingerprint density at radius 3 is 2.04 bits per heavy atom. The number of rotatable bonds is 7. The summed E-state index contributed by atoms with van der Waals surface area (Å²) in [5.74, 6) is -1.11. The van der Waals surface area contributed by atoms with Gasteiger partial charge in [0.05, 0.1) is 0 Å². The molecule has 1 amide bonds. The number of carbonyl (C=O) groups excluding carboxylic acids is 1. The van der Waals surface area contributed by atoms with Gasteiger partial charge in [-0.3, -0.25) is 14.5 Å². The number of hydrogen-bond acceptors (Lipinski definition) is 3. The first-order valence-electron chi connectivity index (χ1n) is 9.42. The summed E-state index contributed by atoms with van der Waals surface area (Å²) in [6, 6.07) is 19.9. The van der Waals surface area contributed by atoms with Gasteiger partial charge in [0.2, 0.25) is 5.91 Å². The highest BCUT2D eigenvalue weighted by Crippen LogP contribution is 2.22. The third-order valence-electron chi connectivity index (χ3n) is 5.04. The summed E-state index contributed by atoms with van der Waals surface area (Å²) in [6.07, 6.45) is 1.55. The van der Waals surface area contributed by atoms with Gasteiger partial charge in [-0.2, -0.15) is 0 Å². The molecule has 1 fully saturated rings. The minimum atomic E-state index is -0.971. The first-order chi connectivity index (χ1) is 13.1. The lowest BCUT2D eigenvalue weighted by Gasteiger charge is -2.34. The molecule has 0 spiro atoms. The van der Waals surface area contributed by atoms with Crippen molar-refractivity contribution in [3.8, 4) is 0 Å². The number of carboxylic acids is 1. The van der Waals surface area contributed by atoms with Crippen LogP contribution in [-0.2, 0) is 22.7 Å². The fraction of sp³-hybridized carbons (Fsp3) is 0.364. The molecule has 3 rings (SSSR count). The Kier molecular flexibility index (Phi) is 6.60. The van der Waals surface area contributed by atoms with Crippen molar-refractivity contribution >= 4 is 11.9 Å². The summed E-state index contributed by atoms with van der Waals surface area (Å²) in [7, 11) is 0. The first-order valence-corrected chi connectivity index (χ1v) is 9.42. The van der Waals surface area contributed by atoms with E-state index >= 15 is 0 Å². The summed E-state index contributed by atoms with van der Waals surface area (Å²) in [5.41, 5.74) is 2.23. The highest BCUT2D eigenvalue weighted by atomic mass is 16.4. The van der Waals surface area contributed by atoms with E-state index in [2.05, 4.69) is 17.0 Å². The van der Waals surface area contributed by atoms with Crippen LogP contribution in [0, 0.1) is 5.92 Å². The van der Waals surface area contributed by atoms with E-state index in [-0.39, 0.29) is 18.4 Å². The predicted molar refractivity (Wildman–Crippen MR) is 104 cm³/mol. The maximum absolute atomic E-state index is 12.9. The molecule has 1 saturated heterocycles. The molecular formula is C22H26N2O3. The number of amides is 1. The van der Waals surface area contributed by atoms with Crippen LogP contribution in [0.2, 0.25) is 0 Å². The molecule has 0 aromatic heterocycles. The van der Waals surface area contributed by atoms with Crippen LogP contribution in [0.3, 0.4) is 0 Å². The Bertz CT molecular complexity index is 741. The molecule has 142 valence electrons. The second-order valence-corrected chi connectivity index (χ2v) is 7.11. The van der Waals surface area contributed by atoms with E-state index in [1.54, 1.807) is 0 Å². The van der Waals surface area contributed by atoms with Crippen LogP contribution >= 0.6 is 0 Å². The van der Waals surface area contributed by atoms with Crippen LogP contribution in [0.4, 0.5) is 0 Å². The number of hydrogen-bond donors (Lipinski definition) is 1. The fourth-order valence-corrected chi connectivity index (χ4v) is 3.62. The molecule has 1 aliphatic rings. The summed E-state index contributed by atoms with van der Waals surface area (Å²) in [5, 5.41) is 9.21. The molecule has 0 bridgehead atoms. The van der Waals surface area contributed by atoms with Crippen LogP contribution < -0.4 is 0 Å². The normalized spacial score (nSPS) is 15.4. The van der Waals surface area contributed by atoms with Gasteiger partial charge in [0.15, 0.2) is 0 Å². The summed E-state index contributed by atoms with van der Waals surface area (Å²) >= 11 is 0. The average Bonchev–Trinajstić information content (AvgIpc) is 2.69. The molecule has 5 nitrogen and oxygen atoms in total. The molecule has 5 heteroatoms. The van der Waals surface area contributed by atoms with E-state index < -0.39 is 5.97 Å². The van der Waals surface area contributed by atoms with E-state index in [1.807, 2.05) is 48.5 Å². The highest BCUT2D eigenvalue weighted by molar-refractivity contribution is 5.83. The number of benzene rings is 2. The van der Waals surface area contributed by atoms with Crippen LogP contribution in [0.15, 0.2) is 60.7 Å². The van der Waals surface area contributed by atoms with Crippen molar-refractivity contribution in [3.05, 3.63) is 71.8 Å². The Balaban J connectivity index is 1.57. The van der Waals surface area contributed by atoms with Crippen LogP contribution in [0.5, 0.6) is 0 Å². The van der Waals surface area contributed by atoms with E-state index in [1.165, 1.54) is 10.5 Å². The Hall–Kier alpha value is -2.66. The van der Waals surface area contributed by atoms with Gasteiger partial charge in [-0.25, -0.2) is 0 Å². The molecular weight excluding hydrogens is 340 g/mol. The van der Waals surface area contributed by atoms with Gasteiger partial charge >= 0.3 is 5.97 Å². The quantitative estimate of drug-likeness (QED) is 0.818. The maximum Gasteiger partial charge on any atom is 0.323 e. The second kappa shape index (κ2) is 9.33. The van der Waals surface area contributed by atoms with Crippen molar-refractivity contribution in [2.75, 3.05) is 19.6 Å². The lowest BCUT2D eigenvalue weighted by molar-refractivity contribution is -0.147. The molecule has 1 N–H and O–H groups in total. The van der Waals surface area contributed by atoms with Gasteiger partial charge in [0.1, 0.15) is 6.54 Å². The van der Waals surface area contributed by atoms with E-state index in [0.29, 0.717) is 6.54 Å². The summed E-state index contributed by atoms with van der Waals surface area (Å²) < 4.78 is 0. The van der Waals surface area contributed by atoms with Crippen molar-refractivity contribution in [2.45, 2.75) is 25.9 Å². The van der Waals surface area contributed by atoms with E-state index in [9.17, 15) is 14.7 Å².